The number of carbonyl (C=O) groups excluding carboxylic acids is 1. The number of fused-ring (bicyclic) bond motifs is 2. The third kappa shape index (κ3) is 2.04. The van der Waals surface area contributed by atoms with E-state index in [-0.39, 0.29) is 16.0 Å². The summed E-state index contributed by atoms with van der Waals surface area (Å²) >= 11 is 0. The van der Waals surface area contributed by atoms with Crippen LogP contribution in [-0.4, -0.2) is 21.2 Å². The molecule has 0 saturated heterocycles. The molecule has 2 aromatic rings. The van der Waals surface area contributed by atoms with E-state index < -0.39 is 22.7 Å². The summed E-state index contributed by atoms with van der Waals surface area (Å²) in [6.07, 6.45) is 0.483. The zero-order valence-corrected chi connectivity index (χ0v) is 11.6. The maximum atomic E-state index is 12.7. The van der Waals surface area contributed by atoms with E-state index in [1.807, 2.05) is 12.1 Å². The molecule has 0 bridgehead atoms. The summed E-state index contributed by atoms with van der Waals surface area (Å²) in [5.41, 5.74) is 6.39. The number of hydrogen-bond acceptors (Lipinski definition) is 3. The second-order valence-corrected chi connectivity index (χ2v) is 6.08. The molecular weight excluding hydrogens is 290 g/mol. The zero-order valence-electron chi connectivity index (χ0n) is 10.8. The van der Waals surface area contributed by atoms with Gasteiger partial charge in [0.1, 0.15) is 0 Å². The van der Waals surface area contributed by atoms with Gasteiger partial charge in [-0.05, 0) is 29.7 Å². The largest absolute Gasteiger partial charge is 0.478 e. The number of aromatic carboxylic acids is 1. The van der Waals surface area contributed by atoms with Crippen LogP contribution in [0, 0.1) is 0 Å². The van der Waals surface area contributed by atoms with Crippen molar-refractivity contribution in [3.63, 3.8) is 0 Å². The SMILES string of the molecule is NC(=O)c1ccc2c(c1C(=O)O)S(=O)c1ccccc1C2. The monoisotopic (exact) mass is 301 g/mol. The van der Waals surface area contributed by atoms with Crippen molar-refractivity contribution in [2.75, 3.05) is 0 Å². The Kier molecular flexibility index (Phi) is 3.10. The van der Waals surface area contributed by atoms with E-state index in [4.69, 9.17) is 5.73 Å². The summed E-state index contributed by atoms with van der Waals surface area (Å²) in [7, 11) is -1.64. The summed E-state index contributed by atoms with van der Waals surface area (Å²) in [5.74, 6) is -2.14. The molecule has 0 fully saturated rings. The van der Waals surface area contributed by atoms with E-state index in [9.17, 15) is 18.9 Å². The molecule has 1 atom stereocenters. The molecule has 106 valence electrons. The Morgan fingerprint density at radius 1 is 1.10 bits per heavy atom. The molecular formula is C15H11NO4S. The Balaban J connectivity index is 2.32. The molecule has 1 aliphatic heterocycles. The van der Waals surface area contributed by atoms with Crippen molar-refractivity contribution in [1.82, 2.24) is 0 Å². The first-order valence-corrected chi connectivity index (χ1v) is 7.34. The van der Waals surface area contributed by atoms with Gasteiger partial charge in [-0.25, -0.2) is 9.00 Å². The normalized spacial score (nSPS) is 15.9. The Morgan fingerprint density at radius 3 is 2.48 bits per heavy atom. The van der Waals surface area contributed by atoms with Gasteiger partial charge in [-0.15, -0.1) is 0 Å². The molecule has 0 aliphatic carbocycles. The molecule has 5 nitrogen and oxygen atoms in total. The van der Waals surface area contributed by atoms with Gasteiger partial charge in [-0.2, -0.15) is 0 Å². The third-order valence-corrected chi connectivity index (χ3v) is 5.09. The fraction of sp³-hybridized carbons (Fsp3) is 0.0667. The highest BCUT2D eigenvalue weighted by Crippen LogP contribution is 2.35. The van der Waals surface area contributed by atoms with Crippen LogP contribution < -0.4 is 5.73 Å². The number of carbonyl (C=O) groups is 2. The predicted octanol–water partition coefficient (Wildman–Crippen LogP) is 1.55. The van der Waals surface area contributed by atoms with Crippen LogP contribution in [0.2, 0.25) is 0 Å². The van der Waals surface area contributed by atoms with E-state index in [0.29, 0.717) is 16.9 Å². The lowest BCUT2D eigenvalue weighted by atomic mass is 9.98. The minimum Gasteiger partial charge on any atom is -0.478 e. The van der Waals surface area contributed by atoms with Crippen LogP contribution in [0.5, 0.6) is 0 Å². The van der Waals surface area contributed by atoms with Gasteiger partial charge in [-0.3, -0.25) is 4.79 Å². The molecule has 3 N–H and O–H groups in total. The Bertz CT molecular complexity index is 813. The van der Waals surface area contributed by atoms with Crippen LogP contribution in [0.4, 0.5) is 0 Å². The van der Waals surface area contributed by atoms with Gasteiger partial charge >= 0.3 is 5.97 Å². The number of primary amides is 1. The minimum atomic E-state index is -1.64. The van der Waals surface area contributed by atoms with E-state index in [1.165, 1.54) is 6.07 Å². The zero-order chi connectivity index (χ0) is 15.1. The summed E-state index contributed by atoms with van der Waals surface area (Å²) in [5, 5.41) is 9.39. The molecule has 0 aromatic heterocycles. The van der Waals surface area contributed by atoms with Crippen LogP contribution in [0.1, 0.15) is 31.8 Å². The van der Waals surface area contributed by atoms with Crippen molar-refractivity contribution in [2.45, 2.75) is 16.2 Å². The summed E-state index contributed by atoms with van der Waals surface area (Å²) in [6, 6.07) is 10.2. The summed E-state index contributed by atoms with van der Waals surface area (Å²) < 4.78 is 12.7. The van der Waals surface area contributed by atoms with E-state index in [2.05, 4.69) is 0 Å². The standard InChI is InChI=1S/C15H11NO4S/c16-14(17)10-6-5-9-7-8-3-1-2-4-11(8)21(20)13(9)12(10)15(18)19/h1-6H,7H2,(H2,16,17)(H,18,19). The Hall–Kier alpha value is -2.47. The van der Waals surface area contributed by atoms with Crippen molar-refractivity contribution >= 4 is 22.7 Å². The van der Waals surface area contributed by atoms with Gasteiger partial charge < -0.3 is 10.8 Å². The first kappa shape index (κ1) is 13.5. The molecule has 0 saturated carbocycles. The van der Waals surface area contributed by atoms with Crippen LogP contribution in [0.3, 0.4) is 0 Å². The fourth-order valence-electron chi connectivity index (χ4n) is 2.54. The van der Waals surface area contributed by atoms with Gasteiger partial charge in [0.25, 0.3) is 0 Å². The lowest BCUT2D eigenvalue weighted by Gasteiger charge is -2.21. The Morgan fingerprint density at radius 2 is 1.81 bits per heavy atom. The number of amides is 1. The molecule has 0 radical (unpaired) electrons. The summed E-state index contributed by atoms with van der Waals surface area (Å²) in [6.45, 7) is 0. The van der Waals surface area contributed by atoms with Crippen LogP contribution in [0.15, 0.2) is 46.2 Å². The highest BCUT2D eigenvalue weighted by Gasteiger charge is 2.30. The third-order valence-electron chi connectivity index (χ3n) is 3.46. The number of carboxylic acid groups (broad SMARTS) is 1. The fourth-order valence-corrected chi connectivity index (χ4v) is 4.10. The number of benzene rings is 2. The first-order valence-electron chi connectivity index (χ1n) is 6.19. The van der Waals surface area contributed by atoms with E-state index >= 15 is 0 Å². The van der Waals surface area contributed by atoms with Crippen LogP contribution >= 0.6 is 0 Å². The van der Waals surface area contributed by atoms with Gasteiger partial charge in [0.05, 0.1) is 26.8 Å². The quantitative estimate of drug-likeness (QED) is 0.750. The molecule has 1 amide bonds. The second kappa shape index (κ2) is 4.82. The topological polar surface area (TPSA) is 97.5 Å². The van der Waals surface area contributed by atoms with Crippen molar-refractivity contribution in [1.29, 1.82) is 0 Å². The lowest BCUT2D eigenvalue weighted by molar-refractivity contribution is 0.0687. The number of nitrogens with two attached hydrogens (primary N) is 1. The van der Waals surface area contributed by atoms with Crippen molar-refractivity contribution in [2.24, 2.45) is 5.73 Å². The second-order valence-electron chi connectivity index (χ2n) is 4.70. The van der Waals surface area contributed by atoms with E-state index in [0.717, 1.165) is 5.56 Å². The van der Waals surface area contributed by atoms with Crippen molar-refractivity contribution in [3.8, 4) is 0 Å². The van der Waals surface area contributed by atoms with Gasteiger partial charge in [-0.1, -0.05) is 24.3 Å². The molecule has 21 heavy (non-hydrogen) atoms. The number of rotatable bonds is 2. The molecule has 2 aromatic carbocycles. The van der Waals surface area contributed by atoms with E-state index in [1.54, 1.807) is 18.2 Å². The van der Waals surface area contributed by atoms with Crippen LogP contribution in [0.25, 0.3) is 0 Å². The van der Waals surface area contributed by atoms with Gasteiger partial charge in [0.2, 0.25) is 5.91 Å². The highest BCUT2D eigenvalue weighted by molar-refractivity contribution is 7.85. The molecule has 1 heterocycles. The minimum absolute atomic E-state index is 0.117. The first-order chi connectivity index (χ1) is 10.0. The molecule has 1 aliphatic rings. The van der Waals surface area contributed by atoms with Crippen molar-refractivity contribution in [3.05, 3.63) is 58.7 Å². The number of carboxylic acids is 1. The van der Waals surface area contributed by atoms with Crippen LogP contribution in [-0.2, 0) is 17.2 Å². The lowest BCUT2D eigenvalue weighted by Crippen LogP contribution is -2.21. The smallest absolute Gasteiger partial charge is 0.337 e. The molecule has 0 spiro atoms. The molecule has 3 rings (SSSR count). The average Bonchev–Trinajstić information content (AvgIpc) is 2.46. The number of hydrogen-bond donors (Lipinski definition) is 2. The maximum absolute atomic E-state index is 12.7. The molecule has 6 heteroatoms. The highest BCUT2D eigenvalue weighted by atomic mass is 32.2. The molecule has 1 unspecified atom stereocenters. The van der Waals surface area contributed by atoms with Crippen molar-refractivity contribution < 1.29 is 18.9 Å². The predicted molar refractivity (Wildman–Crippen MR) is 75.8 cm³/mol. The Labute approximate surface area is 122 Å². The maximum Gasteiger partial charge on any atom is 0.337 e. The summed E-state index contributed by atoms with van der Waals surface area (Å²) in [4.78, 5) is 23.7. The van der Waals surface area contributed by atoms with Gasteiger partial charge in [0.15, 0.2) is 0 Å². The van der Waals surface area contributed by atoms with Gasteiger partial charge in [0, 0.05) is 4.90 Å². The average molecular weight is 301 g/mol.